The summed E-state index contributed by atoms with van der Waals surface area (Å²) in [6.45, 7) is 4.19. The Balaban J connectivity index is 1.99. The number of anilines is 1. The monoisotopic (exact) mass is 291 g/mol. The van der Waals surface area contributed by atoms with Crippen LogP contribution in [0.25, 0.3) is 11.4 Å². The van der Waals surface area contributed by atoms with Crippen LogP contribution < -0.4 is 5.73 Å². The number of tetrazole rings is 1. The Labute approximate surface area is 122 Å². The van der Waals surface area contributed by atoms with E-state index in [9.17, 15) is 4.39 Å². The van der Waals surface area contributed by atoms with Crippen molar-refractivity contribution >= 4 is 5.69 Å². The summed E-state index contributed by atoms with van der Waals surface area (Å²) in [6, 6.07) is 4.59. The van der Waals surface area contributed by atoms with Gasteiger partial charge in [0, 0.05) is 18.2 Å². The van der Waals surface area contributed by atoms with E-state index in [1.165, 1.54) is 6.07 Å². The maximum absolute atomic E-state index is 14.1. The van der Waals surface area contributed by atoms with Gasteiger partial charge in [0.05, 0.1) is 17.7 Å². The lowest BCUT2D eigenvalue weighted by atomic mass is 9.64. The Hall–Kier alpha value is -2.02. The third-order valence-corrected chi connectivity index (χ3v) is 4.43. The fourth-order valence-corrected chi connectivity index (χ4v) is 2.97. The van der Waals surface area contributed by atoms with E-state index in [1.54, 1.807) is 23.9 Å². The first-order chi connectivity index (χ1) is 9.95. The van der Waals surface area contributed by atoms with Crippen molar-refractivity contribution in [1.29, 1.82) is 0 Å². The van der Waals surface area contributed by atoms with Crippen LogP contribution in [0.1, 0.15) is 26.3 Å². The van der Waals surface area contributed by atoms with Gasteiger partial charge in [0.1, 0.15) is 5.82 Å². The van der Waals surface area contributed by atoms with Crippen LogP contribution in [0.15, 0.2) is 18.2 Å². The summed E-state index contributed by atoms with van der Waals surface area (Å²) in [5, 5.41) is 11.7. The Morgan fingerprint density at radius 1 is 1.43 bits per heavy atom. The Morgan fingerprint density at radius 2 is 2.19 bits per heavy atom. The molecule has 112 valence electrons. The van der Waals surface area contributed by atoms with Crippen molar-refractivity contribution in [3.8, 4) is 11.4 Å². The van der Waals surface area contributed by atoms with Crippen molar-refractivity contribution in [2.75, 3.05) is 12.8 Å². The molecule has 1 fully saturated rings. The molecule has 0 amide bonds. The molecule has 0 saturated heterocycles. The SMILES string of the molecule is COC1CC(n2nnnc2-c2ccc(N)cc2F)C1(C)C. The van der Waals surface area contributed by atoms with Gasteiger partial charge in [-0.25, -0.2) is 9.07 Å². The molecule has 1 aromatic carbocycles. The summed E-state index contributed by atoms with van der Waals surface area (Å²) in [7, 11) is 1.70. The molecule has 0 spiro atoms. The van der Waals surface area contributed by atoms with Gasteiger partial charge in [-0.15, -0.1) is 5.10 Å². The van der Waals surface area contributed by atoms with Crippen molar-refractivity contribution in [3.63, 3.8) is 0 Å². The highest BCUT2D eigenvalue weighted by Crippen LogP contribution is 2.51. The number of rotatable bonds is 3. The summed E-state index contributed by atoms with van der Waals surface area (Å²) >= 11 is 0. The first-order valence-electron chi connectivity index (χ1n) is 6.81. The van der Waals surface area contributed by atoms with Gasteiger partial charge >= 0.3 is 0 Å². The van der Waals surface area contributed by atoms with Crippen LogP contribution in [0.3, 0.4) is 0 Å². The van der Waals surface area contributed by atoms with E-state index in [0.29, 0.717) is 17.1 Å². The zero-order valence-electron chi connectivity index (χ0n) is 12.2. The molecule has 2 unspecified atom stereocenters. The Morgan fingerprint density at radius 3 is 2.81 bits per heavy atom. The maximum Gasteiger partial charge on any atom is 0.185 e. The van der Waals surface area contributed by atoms with Crippen LogP contribution in [0.2, 0.25) is 0 Å². The number of aromatic nitrogens is 4. The number of hydrogen-bond acceptors (Lipinski definition) is 5. The van der Waals surface area contributed by atoms with Crippen LogP contribution in [0.5, 0.6) is 0 Å². The van der Waals surface area contributed by atoms with Crippen LogP contribution in [0, 0.1) is 11.2 Å². The number of nitrogens with two attached hydrogens (primary N) is 1. The minimum atomic E-state index is -0.425. The highest BCUT2D eigenvalue weighted by Gasteiger charge is 2.51. The van der Waals surface area contributed by atoms with Crippen LogP contribution in [0.4, 0.5) is 10.1 Å². The second-order valence-electron chi connectivity index (χ2n) is 5.98. The van der Waals surface area contributed by atoms with E-state index in [1.807, 2.05) is 0 Å². The van der Waals surface area contributed by atoms with Crippen molar-refractivity contribution in [2.24, 2.45) is 5.41 Å². The molecule has 0 aliphatic heterocycles. The predicted molar refractivity (Wildman–Crippen MR) is 75.9 cm³/mol. The van der Waals surface area contributed by atoms with Crippen molar-refractivity contribution in [3.05, 3.63) is 24.0 Å². The lowest BCUT2D eigenvalue weighted by Gasteiger charge is -2.50. The van der Waals surface area contributed by atoms with E-state index in [4.69, 9.17) is 10.5 Å². The third kappa shape index (κ3) is 2.08. The molecule has 3 rings (SSSR count). The number of nitrogens with zero attached hydrogens (tertiary/aromatic N) is 4. The first-order valence-corrected chi connectivity index (χ1v) is 6.81. The molecule has 1 aliphatic carbocycles. The quantitative estimate of drug-likeness (QED) is 0.876. The Bertz CT molecular complexity index is 669. The fraction of sp³-hybridized carbons (Fsp3) is 0.500. The number of halogens is 1. The minimum absolute atomic E-state index is 0.0735. The van der Waals surface area contributed by atoms with Gasteiger partial charge in [0.2, 0.25) is 0 Å². The third-order valence-electron chi connectivity index (χ3n) is 4.43. The molecule has 1 heterocycles. The first kappa shape index (κ1) is 13.9. The van der Waals surface area contributed by atoms with Gasteiger partial charge in [-0.1, -0.05) is 13.8 Å². The van der Waals surface area contributed by atoms with Crippen molar-refractivity contribution in [2.45, 2.75) is 32.4 Å². The average Bonchev–Trinajstić information content (AvgIpc) is 2.87. The average molecular weight is 291 g/mol. The molecule has 21 heavy (non-hydrogen) atoms. The minimum Gasteiger partial charge on any atom is -0.399 e. The molecule has 0 bridgehead atoms. The lowest BCUT2D eigenvalue weighted by Crippen LogP contribution is -2.51. The van der Waals surface area contributed by atoms with Crippen LogP contribution >= 0.6 is 0 Å². The van der Waals surface area contributed by atoms with Gasteiger partial charge in [-0.2, -0.15) is 0 Å². The highest BCUT2D eigenvalue weighted by atomic mass is 19.1. The second kappa shape index (κ2) is 4.77. The standard InChI is InChI=1S/C14H18FN5O/c1-14(2)11(7-12(14)21-3)20-13(17-18-19-20)9-5-4-8(16)6-10(9)15/h4-6,11-12H,7,16H2,1-3H3. The van der Waals surface area contributed by atoms with Crippen LogP contribution in [-0.4, -0.2) is 33.4 Å². The van der Waals surface area contributed by atoms with Gasteiger partial charge in [-0.3, -0.25) is 0 Å². The smallest absolute Gasteiger partial charge is 0.185 e. The number of methoxy groups -OCH3 is 1. The zero-order chi connectivity index (χ0) is 15.2. The summed E-state index contributed by atoms with van der Waals surface area (Å²) in [6.07, 6.45) is 0.953. The molecule has 2 atom stereocenters. The summed E-state index contributed by atoms with van der Waals surface area (Å²) in [4.78, 5) is 0. The van der Waals surface area contributed by atoms with E-state index in [2.05, 4.69) is 29.4 Å². The number of hydrogen-bond donors (Lipinski definition) is 1. The van der Waals surface area contributed by atoms with Crippen molar-refractivity contribution in [1.82, 2.24) is 20.2 Å². The van der Waals surface area contributed by atoms with Gasteiger partial charge in [0.25, 0.3) is 0 Å². The number of ether oxygens (including phenoxy) is 1. The molecule has 1 saturated carbocycles. The van der Waals surface area contributed by atoms with Crippen LogP contribution in [-0.2, 0) is 4.74 Å². The van der Waals surface area contributed by atoms with Gasteiger partial charge < -0.3 is 10.5 Å². The maximum atomic E-state index is 14.1. The topological polar surface area (TPSA) is 78.8 Å². The molecule has 0 radical (unpaired) electrons. The molecular weight excluding hydrogens is 273 g/mol. The number of benzene rings is 1. The molecule has 2 aromatic rings. The molecular formula is C14H18FN5O. The molecule has 2 N–H and O–H groups in total. The number of nitrogen functional groups attached to an aromatic ring is 1. The van der Waals surface area contributed by atoms with Gasteiger partial charge in [0.15, 0.2) is 5.82 Å². The zero-order valence-corrected chi connectivity index (χ0v) is 12.2. The van der Waals surface area contributed by atoms with E-state index in [0.717, 1.165) is 6.42 Å². The highest BCUT2D eigenvalue weighted by molar-refractivity contribution is 5.59. The lowest BCUT2D eigenvalue weighted by molar-refractivity contribution is -0.116. The van der Waals surface area contributed by atoms with E-state index in [-0.39, 0.29) is 17.6 Å². The van der Waals surface area contributed by atoms with Gasteiger partial charge in [-0.05, 0) is 35.0 Å². The summed E-state index contributed by atoms with van der Waals surface area (Å²) in [5.74, 6) is -0.00778. The molecule has 1 aromatic heterocycles. The normalized spacial score (nSPS) is 23.8. The summed E-state index contributed by atoms with van der Waals surface area (Å²) < 4.78 is 21.2. The fourth-order valence-electron chi connectivity index (χ4n) is 2.97. The predicted octanol–water partition coefficient (Wildman–Crippen LogP) is 2.05. The molecule has 6 nitrogen and oxygen atoms in total. The Kier molecular flexibility index (Phi) is 3.16. The van der Waals surface area contributed by atoms with Crippen molar-refractivity contribution < 1.29 is 9.13 Å². The summed E-state index contributed by atoms with van der Waals surface area (Å²) in [5.41, 5.74) is 6.20. The van der Waals surface area contributed by atoms with E-state index < -0.39 is 5.82 Å². The second-order valence-corrected chi connectivity index (χ2v) is 5.98. The molecule has 1 aliphatic rings. The van der Waals surface area contributed by atoms with E-state index >= 15 is 0 Å². The largest absolute Gasteiger partial charge is 0.399 e. The molecule has 7 heteroatoms.